The predicted molar refractivity (Wildman–Crippen MR) is 107 cm³/mol. The summed E-state index contributed by atoms with van der Waals surface area (Å²) in [4.78, 5) is 34.7. The van der Waals surface area contributed by atoms with Crippen LogP contribution in [0.15, 0.2) is 23.0 Å². The van der Waals surface area contributed by atoms with Crippen LogP contribution in [-0.2, 0) is 12.8 Å². The molecule has 0 saturated carbocycles. The number of methoxy groups -OCH3 is 1. The predicted octanol–water partition coefficient (Wildman–Crippen LogP) is 3.67. The molecule has 7 heteroatoms. The summed E-state index contributed by atoms with van der Waals surface area (Å²) in [6, 6.07) is 7.05. The van der Waals surface area contributed by atoms with E-state index in [0.717, 1.165) is 36.8 Å². The van der Waals surface area contributed by atoms with E-state index in [1.54, 1.807) is 18.2 Å². The molecule has 28 heavy (non-hydrogen) atoms. The molecule has 0 aliphatic heterocycles. The molecule has 0 saturated heterocycles. The number of carbonyl (C=O) groups excluding carboxylic acids is 1. The van der Waals surface area contributed by atoms with Crippen LogP contribution in [0.25, 0.3) is 10.2 Å². The van der Waals surface area contributed by atoms with Crippen LogP contribution >= 0.6 is 11.3 Å². The van der Waals surface area contributed by atoms with Crippen molar-refractivity contribution in [3.63, 3.8) is 0 Å². The van der Waals surface area contributed by atoms with E-state index in [2.05, 4.69) is 9.97 Å². The number of rotatable bonds is 4. The van der Waals surface area contributed by atoms with Gasteiger partial charge in [-0.1, -0.05) is 12.1 Å². The Kier molecular flexibility index (Phi) is 4.73. The second-order valence-electron chi connectivity index (χ2n) is 6.95. The first kappa shape index (κ1) is 18.4. The number of carbonyl (C=O) groups is 1. The molecule has 1 aliphatic rings. The highest BCUT2D eigenvalue weighted by Crippen LogP contribution is 2.34. The number of Topliss-reactive ketones (excluding diaryl/α,β-unsaturated/α-hetero) is 1. The number of ketones is 1. The van der Waals surface area contributed by atoms with Crippen LogP contribution in [0.3, 0.4) is 0 Å². The summed E-state index contributed by atoms with van der Waals surface area (Å²) in [5.41, 5.74) is 2.05. The van der Waals surface area contributed by atoms with Crippen LogP contribution in [0, 0.1) is 18.3 Å². The first-order valence-corrected chi connectivity index (χ1v) is 9.98. The Morgan fingerprint density at radius 2 is 2.14 bits per heavy atom. The number of aromatic amines is 1. The minimum atomic E-state index is -1.18. The van der Waals surface area contributed by atoms with Gasteiger partial charge in [-0.2, -0.15) is 5.26 Å². The van der Waals surface area contributed by atoms with Crippen molar-refractivity contribution in [3.05, 3.63) is 55.9 Å². The van der Waals surface area contributed by atoms with Gasteiger partial charge in [0.25, 0.3) is 5.56 Å². The lowest BCUT2D eigenvalue weighted by Crippen LogP contribution is -2.20. The fourth-order valence-corrected chi connectivity index (χ4v) is 4.97. The van der Waals surface area contributed by atoms with Crippen molar-refractivity contribution in [1.82, 2.24) is 9.97 Å². The maximum absolute atomic E-state index is 13.0. The highest BCUT2D eigenvalue weighted by atomic mass is 32.1. The molecule has 142 valence electrons. The van der Waals surface area contributed by atoms with Gasteiger partial charge >= 0.3 is 0 Å². The number of thiophene rings is 1. The number of H-pyrrole nitrogens is 1. The third-order valence-electron chi connectivity index (χ3n) is 5.20. The van der Waals surface area contributed by atoms with Gasteiger partial charge in [-0.05, 0) is 49.8 Å². The number of ether oxygens (including phenoxy) is 1. The number of hydrogen-bond donors (Lipinski definition) is 1. The van der Waals surface area contributed by atoms with Crippen LogP contribution in [0.2, 0.25) is 0 Å². The van der Waals surface area contributed by atoms with Crippen molar-refractivity contribution >= 4 is 27.3 Å². The van der Waals surface area contributed by atoms with E-state index in [1.165, 1.54) is 23.3 Å². The quantitative estimate of drug-likeness (QED) is 0.682. The Balaban J connectivity index is 1.78. The molecular formula is C21H19N3O3S. The lowest BCUT2D eigenvalue weighted by Gasteiger charge is -2.11. The molecule has 1 aliphatic carbocycles. The molecule has 2 heterocycles. The lowest BCUT2D eigenvalue weighted by atomic mass is 9.96. The lowest BCUT2D eigenvalue weighted by molar-refractivity contribution is 0.0976. The monoisotopic (exact) mass is 393 g/mol. The average Bonchev–Trinajstić information content (AvgIpc) is 3.07. The number of nitrogens with one attached hydrogen (secondary N) is 1. The Morgan fingerprint density at radius 1 is 1.36 bits per heavy atom. The second-order valence-corrected chi connectivity index (χ2v) is 8.04. The van der Waals surface area contributed by atoms with Crippen LogP contribution in [0.4, 0.5) is 0 Å². The molecule has 0 bridgehead atoms. The SMILES string of the molecule is COc1cc(C(=O)C(C#N)c2nc3sc4c(c3c(=O)[nH]2)CCCC4)ccc1C. The van der Waals surface area contributed by atoms with Crippen molar-refractivity contribution in [3.8, 4) is 11.8 Å². The molecule has 1 N–H and O–H groups in total. The summed E-state index contributed by atoms with van der Waals surface area (Å²) in [6.07, 6.45) is 4.01. The van der Waals surface area contributed by atoms with Crippen molar-refractivity contribution in [1.29, 1.82) is 5.26 Å². The van der Waals surface area contributed by atoms with Gasteiger partial charge < -0.3 is 9.72 Å². The summed E-state index contributed by atoms with van der Waals surface area (Å²) in [5.74, 6) is -0.915. The van der Waals surface area contributed by atoms with Crippen molar-refractivity contribution in [2.75, 3.05) is 7.11 Å². The molecule has 6 nitrogen and oxygen atoms in total. The Hall–Kier alpha value is -2.98. The zero-order valence-electron chi connectivity index (χ0n) is 15.7. The topological polar surface area (TPSA) is 95.8 Å². The van der Waals surface area contributed by atoms with E-state index >= 15 is 0 Å². The van der Waals surface area contributed by atoms with Crippen LogP contribution < -0.4 is 10.3 Å². The Morgan fingerprint density at radius 3 is 2.89 bits per heavy atom. The first-order valence-electron chi connectivity index (χ1n) is 9.16. The number of benzene rings is 1. The van der Waals surface area contributed by atoms with E-state index in [-0.39, 0.29) is 11.4 Å². The fraction of sp³-hybridized carbons (Fsp3) is 0.333. The summed E-state index contributed by atoms with van der Waals surface area (Å²) >= 11 is 1.50. The largest absolute Gasteiger partial charge is 0.496 e. The molecule has 0 amide bonds. The number of aryl methyl sites for hydroxylation is 3. The molecule has 1 aromatic carbocycles. The van der Waals surface area contributed by atoms with E-state index in [1.807, 2.05) is 13.0 Å². The van der Waals surface area contributed by atoms with Gasteiger partial charge in [-0.3, -0.25) is 9.59 Å². The summed E-state index contributed by atoms with van der Waals surface area (Å²) in [7, 11) is 1.53. The zero-order valence-corrected chi connectivity index (χ0v) is 16.5. The molecule has 0 spiro atoms. The Labute approximate surface area is 165 Å². The van der Waals surface area contributed by atoms with Gasteiger partial charge in [0.1, 0.15) is 16.4 Å². The minimum absolute atomic E-state index is 0.100. The molecule has 4 rings (SSSR count). The normalized spacial score (nSPS) is 14.3. The molecule has 0 radical (unpaired) electrons. The van der Waals surface area contributed by atoms with Crippen molar-refractivity contribution < 1.29 is 9.53 Å². The fourth-order valence-electron chi connectivity index (χ4n) is 3.70. The van der Waals surface area contributed by atoms with Gasteiger partial charge in [0.2, 0.25) is 0 Å². The molecule has 1 unspecified atom stereocenters. The molecule has 3 aromatic rings. The summed E-state index contributed by atoms with van der Waals surface area (Å²) in [6.45, 7) is 1.88. The highest BCUT2D eigenvalue weighted by Gasteiger charge is 2.27. The van der Waals surface area contributed by atoms with E-state index in [9.17, 15) is 14.9 Å². The standard InChI is InChI=1S/C21H19N3O3S/c1-11-7-8-12(9-15(11)27-2)18(25)14(10-22)19-23-20(26)17-13-5-3-4-6-16(13)28-21(17)24-19/h7-9,14H,3-6H2,1-2H3,(H,23,24,26). The van der Waals surface area contributed by atoms with Crippen LogP contribution in [0.5, 0.6) is 5.75 Å². The number of fused-ring (bicyclic) bond motifs is 3. The van der Waals surface area contributed by atoms with Gasteiger partial charge in [0.15, 0.2) is 11.7 Å². The second kappa shape index (κ2) is 7.21. The van der Waals surface area contributed by atoms with Gasteiger partial charge in [-0.25, -0.2) is 4.98 Å². The van der Waals surface area contributed by atoms with Gasteiger partial charge in [-0.15, -0.1) is 11.3 Å². The number of aromatic nitrogens is 2. The van der Waals surface area contributed by atoms with E-state index in [0.29, 0.717) is 21.5 Å². The van der Waals surface area contributed by atoms with E-state index in [4.69, 9.17) is 4.74 Å². The summed E-state index contributed by atoms with van der Waals surface area (Å²) < 4.78 is 5.27. The first-order chi connectivity index (χ1) is 13.5. The number of hydrogen-bond acceptors (Lipinski definition) is 6. The zero-order chi connectivity index (χ0) is 19.8. The Bertz CT molecular complexity index is 1190. The molecular weight excluding hydrogens is 374 g/mol. The number of nitriles is 1. The van der Waals surface area contributed by atoms with Crippen molar-refractivity contribution in [2.45, 2.75) is 38.5 Å². The van der Waals surface area contributed by atoms with Gasteiger partial charge in [0, 0.05) is 10.4 Å². The molecule has 2 aromatic heterocycles. The minimum Gasteiger partial charge on any atom is -0.496 e. The average molecular weight is 393 g/mol. The maximum Gasteiger partial charge on any atom is 0.259 e. The number of nitrogens with zero attached hydrogens (tertiary/aromatic N) is 2. The third-order valence-corrected chi connectivity index (χ3v) is 6.39. The molecule has 0 fully saturated rings. The third kappa shape index (κ3) is 3.00. The van der Waals surface area contributed by atoms with Crippen molar-refractivity contribution in [2.24, 2.45) is 0 Å². The van der Waals surface area contributed by atoms with Gasteiger partial charge in [0.05, 0.1) is 18.6 Å². The highest BCUT2D eigenvalue weighted by molar-refractivity contribution is 7.18. The smallest absolute Gasteiger partial charge is 0.259 e. The van der Waals surface area contributed by atoms with Crippen LogP contribution in [0.1, 0.15) is 50.9 Å². The molecule has 1 atom stereocenters. The van der Waals surface area contributed by atoms with Crippen LogP contribution in [-0.4, -0.2) is 22.9 Å². The summed E-state index contributed by atoms with van der Waals surface area (Å²) in [5, 5.41) is 10.3. The maximum atomic E-state index is 13.0. The van der Waals surface area contributed by atoms with E-state index < -0.39 is 11.7 Å².